The molecule has 0 fully saturated rings. The molecule has 2 unspecified atom stereocenters. The van der Waals surface area contributed by atoms with Crippen molar-refractivity contribution in [1.82, 2.24) is 0 Å². The Balaban J connectivity index is 2.14. The summed E-state index contributed by atoms with van der Waals surface area (Å²) in [7, 11) is 6.50. The zero-order valence-electron chi connectivity index (χ0n) is 13.9. The van der Waals surface area contributed by atoms with Gasteiger partial charge in [-0.15, -0.1) is 0 Å². The van der Waals surface area contributed by atoms with Gasteiger partial charge < -0.3 is 9.59 Å². The average molecular weight is 298 g/mol. The average Bonchev–Trinajstić information content (AvgIpc) is 2.51. The summed E-state index contributed by atoms with van der Waals surface area (Å²) < 4.78 is 0.879. The third kappa shape index (κ3) is 5.28. The molecule has 22 heavy (non-hydrogen) atoms. The van der Waals surface area contributed by atoms with E-state index in [0.717, 1.165) is 23.9 Å². The molecular weight excluding hydrogens is 270 g/mol. The highest BCUT2D eigenvalue weighted by molar-refractivity contribution is 5.25. The van der Waals surface area contributed by atoms with Crippen LogP contribution in [0, 0.1) is 0 Å². The maximum absolute atomic E-state index is 10.8. The lowest BCUT2D eigenvalue weighted by atomic mass is 9.86. The molecule has 2 nitrogen and oxygen atoms in total. The van der Waals surface area contributed by atoms with Crippen molar-refractivity contribution in [3.05, 3.63) is 71.8 Å². The maximum Gasteiger partial charge on any atom is 0.0805 e. The normalized spacial score (nSPS) is 14.5. The van der Waals surface area contributed by atoms with Gasteiger partial charge in [-0.2, -0.15) is 0 Å². The van der Waals surface area contributed by atoms with E-state index in [1.807, 2.05) is 12.1 Å². The van der Waals surface area contributed by atoms with Gasteiger partial charge in [0.25, 0.3) is 0 Å². The van der Waals surface area contributed by atoms with E-state index in [-0.39, 0.29) is 12.0 Å². The second-order valence-electron chi connectivity index (χ2n) is 7.08. The van der Waals surface area contributed by atoms with Crippen molar-refractivity contribution in [1.29, 1.82) is 0 Å². The molecule has 2 aromatic carbocycles. The predicted octanol–water partition coefficient (Wildman–Crippen LogP) is 3.47. The van der Waals surface area contributed by atoms with Crippen LogP contribution in [0.25, 0.3) is 0 Å². The van der Waals surface area contributed by atoms with Gasteiger partial charge in [-0.05, 0) is 17.5 Å². The first-order valence-corrected chi connectivity index (χ1v) is 8.03. The van der Waals surface area contributed by atoms with Crippen LogP contribution >= 0.6 is 0 Å². The van der Waals surface area contributed by atoms with E-state index in [1.54, 1.807) is 0 Å². The Kier molecular flexibility index (Phi) is 5.76. The first kappa shape index (κ1) is 16.7. The molecule has 2 atom stereocenters. The molecule has 0 aromatic heterocycles. The highest BCUT2D eigenvalue weighted by Crippen LogP contribution is 2.26. The van der Waals surface area contributed by atoms with Gasteiger partial charge in [0.05, 0.1) is 33.8 Å². The van der Waals surface area contributed by atoms with Crippen molar-refractivity contribution < 1.29 is 9.59 Å². The van der Waals surface area contributed by atoms with Gasteiger partial charge in [0.1, 0.15) is 0 Å². The van der Waals surface area contributed by atoms with Gasteiger partial charge in [-0.3, -0.25) is 0 Å². The van der Waals surface area contributed by atoms with Crippen molar-refractivity contribution in [2.75, 3.05) is 27.7 Å². The third-order valence-corrected chi connectivity index (χ3v) is 4.09. The van der Waals surface area contributed by atoms with Crippen LogP contribution in [-0.2, 0) is 6.42 Å². The molecule has 0 spiro atoms. The molecule has 2 aromatic rings. The Hall–Kier alpha value is -1.64. The molecule has 0 heterocycles. The zero-order chi connectivity index (χ0) is 16.0. The van der Waals surface area contributed by atoms with E-state index < -0.39 is 0 Å². The number of nitrogens with zero attached hydrogens (tertiary/aromatic N) is 1. The van der Waals surface area contributed by atoms with Crippen LogP contribution in [0.1, 0.15) is 23.5 Å². The van der Waals surface area contributed by atoms with Crippen molar-refractivity contribution in [3.8, 4) is 0 Å². The topological polar surface area (TPSA) is 20.2 Å². The summed E-state index contributed by atoms with van der Waals surface area (Å²) in [6.45, 7) is 0.972. The van der Waals surface area contributed by atoms with Gasteiger partial charge in [-0.25, -0.2) is 0 Å². The lowest BCUT2D eigenvalue weighted by Gasteiger charge is -2.28. The largest absolute Gasteiger partial charge is 0.392 e. The molecule has 118 valence electrons. The third-order valence-electron chi connectivity index (χ3n) is 4.09. The summed E-state index contributed by atoms with van der Waals surface area (Å²) in [5.74, 6) is 0.148. The summed E-state index contributed by atoms with van der Waals surface area (Å²) in [5, 5.41) is 10.8. The first-order valence-electron chi connectivity index (χ1n) is 8.03. The fourth-order valence-electron chi connectivity index (χ4n) is 2.77. The summed E-state index contributed by atoms with van der Waals surface area (Å²) in [4.78, 5) is 0. The summed E-state index contributed by atoms with van der Waals surface area (Å²) >= 11 is 0. The van der Waals surface area contributed by atoms with Gasteiger partial charge >= 0.3 is 0 Å². The highest BCUT2D eigenvalue weighted by Gasteiger charge is 2.23. The minimum atomic E-state index is -0.319. The molecular formula is C20H28NO+. The molecule has 0 radical (unpaired) electrons. The second-order valence-corrected chi connectivity index (χ2v) is 7.08. The Morgan fingerprint density at radius 2 is 1.41 bits per heavy atom. The molecule has 2 heteroatoms. The molecule has 0 bridgehead atoms. The van der Waals surface area contributed by atoms with Crippen molar-refractivity contribution in [2.24, 2.45) is 0 Å². The van der Waals surface area contributed by atoms with Crippen LogP contribution in [-0.4, -0.2) is 43.4 Å². The predicted molar refractivity (Wildman–Crippen MR) is 92.9 cm³/mol. The van der Waals surface area contributed by atoms with Crippen molar-refractivity contribution in [3.63, 3.8) is 0 Å². The van der Waals surface area contributed by atoms with E-state index in [9.17, 15) is 5.11 Å². The van der Waals surface area contributed by atoms with Crippen LogP contribution < -0.4 is 0 Å². The number of rotatable bonds is 7. The van der Waals surface area contributed by atoms with Crippen LogP contribution in [0.15, 0.2) is 60.7 Å². The number of benzene rings is 2. The molecule has 2 rings (SSSR count). The molecule has 0 saturated carbocycles. The molecule has 0 amide bonds. The monoisotopic (exact) mass is 298 g/mol. The Morgan fingerprint density at radius 3 is 1.95 bits per heavy atom. The number of hydrogen-bond donors (Lipinski definition) is 1. The lowest BCUT2D eigenvalue weighted by molar-refractivity contribution is -0.870. The Morgan fingerprint density at radius 1 is 0.864 bits per heavy atom. The lowest BCUT2D eigenvalue weighted by Crippen LogP contribution is -2.38. The van der Waals surface area contributed by atoms with Gasteiger partial charge in [0.15, 0.2) is 0 Å². The standard InChI is InChI=1S/C20H28NO/c1-21(2,3)15-14-20(22)19(18-12-8-5-9-13-18)16-17-10-6-4-7-11-17/h4-13,19-20,22H,14-16H2,1-3H3/q+1. The van der Waals surface area contributed by atoms with E-state index in [2.05, 4.69) is 69.7 Å². The number of aliphatic hydroxyl groups is 1. The molecule has 0 aliphatic carbocycles. The van der Waals surface area contributed by atoms with Gasteiger partial charge in [-0.1, -0.05) is 60.7 Å². The van der Waals surface area contributed by atoms with Crippen LogP contribution in [0.4, 0.5) is 0 Å². The highest BCUT2D eigenvalue weighted by atomic mass is 16.3. The first-order chi connectivity index (χ1) is 10.5. The Labute approximate surface area is 134 Å². The van der Waals surface area contributed by atoms with Crippen molar-refractivity contribution >= 4 is 0 Å². The fourth-order valence-corrected chi connectivity index (χ4v) is 2.77. The molecule has 0 aliphatic heterocycles. The van der Waals surface area contributed by atoms with Crippen LogP contribution in [0.3, 0.4) is 0 Å². The van der Waals surface area contributed by atoms with Gasteiger partial charge in [0.2, 0.25) is 0 Å². The quantitative estimate of drug-likeness (QED) is 0.776. The van der Waals surface area contributed by atoms with Crippen molar-refractivity contribution in [2.45, 2.75) is 24.9 Å². The SMILES string of the molecule is C[N+](C)(C)CCC(O)C(Cc1ccccc1)c1ccccc1. The fraction of sp³-hybridized carbons (Fsp3) is 0.400. The smallest absolute Gasteiger partial charge is 0.0805 e. The number of hydrogen-bond acceptors (Lipinski definition) is 1. The minimum absolute atomic E-state index is 0.148. The van der Waals surface area contributed by atoms with E-state index >= 15 is 0 Å². The van der Waals surface area contributed by atoms with Crippen LogP contribution in [0.5, 0.6) is 0 Å². The molecule has 1 N–H and O–H groups in total. The minimum Gasteiger partial charge on any atom is -0.392 e. The second kappa shape index (κ2) is 7.57. The zero-order valence-corrected chi connectivity index (χ0v) is 13.9. The summed E-state index contributed by atoms with van der Waals surface area (Å²) in [6.07, 6.45) is 1.37. The molecule has 0 saturated heterocycles. The number of quaternary nitrogens is 1. The molecule has 0 aliphatic rings. The van der Waals surface area contributed by atoms with Crippen LogP contribution in [0.2, 0.25) is 0 Å². The summed E-state index contributed by atoms with van der Waals surface area (Å²) in [5.41, 5.74) is 2.50. The summed E-state index contributed by atoms with van der Waals surface area (Å²) in [6, 6.07) is 20.8. The Bertz CT molecular complexity index is 545. The van der Waals surface area contributed by atoms with E-state index in [1.165, 1.54) is 11.1 Å². The van der Waals surface area contributed by atoms with E-state index in [0.29, 0.717) is 0 Å². The van der Waals surface area contributed by atoms with E-state index in [4.69, 9.17) is 0 Å². The van der Waals surface area contributed by atoms with Gasteiger partial charge in [0, 0.05) is 12.3 Å². The number of aliphatic hydroxyl groups excluding tert-OH is 1. The maximum atomic E-state index is 10.8.